The predicted molar refractivity (Wildman–Crippen MR) is 45.0 cm³/mol. The fraction of sp³-hybridized carbons (Fsp3) is 0.429. The van der Waals surface area contributed by atoms with E-state index in [0.29, 0.717) is 0 Å². The molecule has 0 bridgehead atoms. The van der Waals surface area contributed by atoms with E-state index in [4.69, 9.17) is 0 Å². The van der Waals surface area contributed by atoms with Gasteiger partial charge in [0.05, 0.1) is 0 Å². The van der Waals surface area contributed by atoms with Crippen molar-refractivity contribution in [3.63, 3.8) is 0 Å². The van der Waals surface area contributed by atoms with Crippen molar-refractivity contribution in [1.82, 2.24) is 0 Å². The zero-order chi connectivity index (χ0) is 5.98. The summed E-state index contributed by atoms with van der Waals surface area (Å²) in [6.07, 6.45) is 7.91. The minimum Gasteiger partial charge on any atom is -0.0803 e. The molecule has 0 amide bonds. The Bertz CT molecular complexity index is 133. The standard InChI is InChI=1S/C7H9I/c1-6-2-4-7(8)5-3-6/h2,4-6H,3H2,1H3/t6-/m1/s1. The van der Waals surface area contributed by atoms with E-state index in [1.54, 1.807) is 0 Å². The van der Waals surface area contributed by atoms with Crippen molar-refractivity contribution in [2.45, 2.75) is 13.3 Å². The molecule has 8 heavy (non-hydrogen) atoms. The zero-order valence-corrected chi connectivity index (χ0v) is 7.05. The third-order valence-corrected chi connectivity index (χ3v) is 2.07. The van der Waals surface area contributed by atoms with E-state index in [1.807, 2.05) is 0 Å². The number of allylic oxidation sites excluding steroid dienone is 4. The maximum atomic E-state index is 2.34. The minimum atomic E-state index is 0.758. The van der Waals surface area contributed by atoms with E-state index in [2.05, 4.69) is 47.7 Å². The molecule has 0 aliphatic heterocycles. The highest BCUT2D eigenvalue weighted by Crippen LogP contribution is 2.19. The van der Waals surface area contributed by atoms with Crippen molar-refractivity contribution in [3.8, 4) is 0 Å². The van der Waals surface area contributed by atoms with Crippen LogP contribution in [0, 0.1) is 5.92 Å². The Morgan fingerprint density at radius 3 is 2.88 bits per heavy atom. The first-order valence-corrected chi connectivity index (χ1v) is 3.91. The lowest BCUT2D eigenvalue weighted by molar-refractivity contribution is 0.736. The van der Waals surface area contributed by atoms with E-state index in [1.165, 1.54) is 10.0 Å². The molecule has 0 unspecified atom stereocenters. The molecule has 0 aromatic carbocycles. The maximum Gasteiger partial charge on any atom is 0.00871 e. The van der Waals surface area contributed by atoms with E-state index >= 15 is 0 Å². The van der Waals surface area contributed by atoms with Gasteiger partial charge >= 0.3 is 0 Å². The molecule has 0 saturated carbocycles. The molecule has 0 saturated heterocycles. The molecule has 0 radical (unpaired) electrons. The van der Waals surface area contributed by atoms with E-state index in [-0.39, 0.29) is 0 Å². The van der Waals surface area contributed by atoms with Gasteiger partial charge in [0.2, 0.25) is 0 Å². The first kappa shape index (κ1) is 6.33. The minimum absolute atomic E-state index is 0.758. The van der Waals surface area contributed by atoms with Gasteiger partial charge in [-0.2, -0.15) is 0 Å². The Kier molecular flexibility index (Phi) is 2.11. The SMILES string of the molecule is C[C@@H]1C=CC(I)=CC1. The second kappa shape index (κ2) is 2.67. The normalized spacial score (nSPS) is 27.8. The predicted octanol–water partition coefficient (Wildman–Crippen LogP) is 2.90. The average Bonchev–Trinajstić information content (AvgIpc) is 1.77. The second-order valence-electron chi connectivity index (χ2n) is 2.16. The molecule has 0 N–H and O–H groups in total. The van der Waals surface area contributed by atoms with Gasteiger partial charge in [0.15, 0.2) is 0 Å². The van der Waals surface area contributed by atoms with Crippen molar-refractivity contribution in [1.29, 1.82) is 0 Å². The summed E-state index contributed by atoms with van der Waals surface area (Å²) in [5, 5.41) is 0. The van der Waals surface area contributed by atoms with Crippen LogP contribution in [0.5, 0.6) is 0 Å². The first-order valence-electron chi connectivity index (χ1n) is 2.83. The van der Waals surface area contributed by atoms with E-state index in [9.17, 15) is 0 Å². The number of hydrogen-bond acceptors (Lipinski definition) is 0. The van der Waals surface area contributed by atoms with E-state index < -0.39 is 0 Å². The van der Waals surface area contributed by atoms with Gasteiger partial charge < -0.3 is 0 Å². The van der Waals surface area contributed by atoms with Crippen molar-refractivity contribution in [3.05, 3.63) is 21.8 Å². The van der Waals surface area contributed by atoms with Gasteiger partial charge in [-0.3, -0.25) is 0 Å². The molecule has 1 heteroatoms. The second-order valence-corrected chi connectivity index (χ2v) is 3.41. The molecule has 1 aliphatic rings. The topological polar surface area (TPSA) is 0 Å². The lowest BCUT2D eigenvalue weighted by atomic mass is 10.0. The van der Waals surface area contributed by atoms with Crippen LogP contribution in [0.1, 0.15) is 13.3 Å². The molecule has 0 aromatic rings. The summed E-state index contributed by atoms with van der Waals surface area (Å²) in [6, 6.07) is 0. The van der Waals surface area contributed by atoms with Gasteiger partial charge in [-0.15, -0.1) is 0 Å². The molecule has 44 valence electrons. The lowest BCUT2D eigenvalue weighted by Gasteiger charge is -2.05. The van der Waals surface area contributed by atoms with Crippen LogP contribution in [0.2, 0.25) is 0 Å². The van der Waals surface area contributed by atoms with Crippen LogP contribution in [0.25, 0.3) is 0 Å². The third-order valence-electron chi connectivity index (χ3n) is 1.27. The highest BCUT2D eigenvalue weighted by Gasteiger charge is 1.98. The summed E-state index contributed by atoms with van der Waals surface area (Å²) in [4.78, 5) is 0. The highest BCUT2D eigenvalue weighted by atomic mass is 127. The largest absolute Gasteiger partial charge is 0.0803 e. The zero-order valence-electron chi connectivity index (χ0n) is 4.89. The van der Waals surface area contributed by atoms with Crippen LogP contribution in [0.3, 0.4) is 0 Å². The smallest absolute Gasteiger partial charge is 0.00871 e. The van der Waals surface area contributed by atoms with Crippen molar-refractivity contribution in [2.24, 2.45) is 5.92 Å². The Labute approximate surface area is 63.8 Å². The lowest BCUT2D eigenvalue weighted by Crippen LogP contribution is -1.89. The van der Waals surface area contributed by atoms with Gasteiger partial charge in [0, 0.05) is 3.58 Å². The molecule has 0 aromatic heterocycles. The first-order chi connectivity index (χ1) is 3.79. The fourth-order valence-corrected chi connectivity index (χ4v) is 1.16. The Hall–Kier alpha value is 0.210. The van der Waals surface area contributed by atoms with E-state index in [0.717, 1.165) is 5.92 Å². The molecule has 1 aliphatic carbocycles. The third kappa shape index (κ3) is 1.62. The Morgan fingerprint density at radius 1 is 1.75 bits per heavy atom. The average molecular weight is 220 g/mol. The summed E-state index contributed by atoms with van der Waals surface area (Å²) < 4.78 is 1.38. The summed E-state index contributed by atoms with van der Waals surface area (Å²) in [7, 11) is 0. The molecular weight excluding hydrogens is 211 g/mol. The number of rotatable bonds is 0. The van der Waals surface area contributed by atoms with Gasteiger partial charge in [-0.1, -0.05) is 25.2 Å². The Balaban J connectivity index is 2.58. The van der Waals surface area contributed by atoms with Gasteiger partial charge in [-0.25, -0.2) is 0 Å². The quantitative estimate of drug-likeness (QED) is 0.550. The van der Waals surface area contributed by atoms with Crippen molar-refractivity contribution in [2.75, 3.05) is 0 Å². The molecular formula is C7H9I. The van der Waals surface area contributed by atoms with Crippen LogP contribution < -0.4 is 0 Å². The molecule has 1 rings (SSSR count). The van der Waals surface area contributed by atoms with Gasteiger partial charge in [0.25, 0.3) is 0 Å². The monoisotopic (exact) mass is 220 g/mol. The van der Waals surface area contributed by atoms with Crippen LogP contribution in [-0.4, -0.2) is 0 Å². The molecule has 0 spiro atoms. The number of hydrogen-bond donors (Lipinski definition) is 0. The van der Waals surface area contributed by atoms with Crippen LogP contribution in [-0.2, 0) is 0 Å². The van der Waals surface area contributed by atoms with Gasteiger partial charge in [-0.05, 0) is 34.9 Å². The molecule has 0 fully saturated rings. The fourth-order valence-electron chi connectivity index (χ4n) is 0.701. The number of halogens is 1. The highest BCUT2D eigenvalue weighted by molar-refractivity contribution is 14.1. The summed E-state index contributed by atoms with van der Waals surface area (Å²) in [6.45, 7) is 2.23. The molecule has 0 heterocycles. The molecule has 1 atom stereocenters. The summed E-state index contributed by atoms with van der Waals surface area (Å²) in [5.74, 6) is 0.758. The molecule has 0 nitrogen and oxygen atoms in total. The van der Waals surface area contributed by atoms with Crippen molar-refractivity contribution < 1.29 is 0 Å². The van der Waals surface area contributed by atoms with Crippen molar-refractivity contribution >= 4 is 22.6 Å². The maximum absolute atomic E-state index is 2.34. The van der Waals surface area contributed by atoms with Crippen LogP contribution in [0.4, 0.5) is 0 Å². The van der Waals surface area contributed by atoms with Gasteiger partial charge in [0.1, 0.15) is 0 Å². The van der Waals surface area contributed by atoms with Crippen LogP contribution >= 0.6 is 22.6 Å². The Morgan fingerprint density at radius 2 is 2.50 bits per heavy atom. The summed E-state index contributed by atoms with van der Waals surface area (Å²) >= 11 is 2.34. The summed E-state index contributed by atoms with van der Waals surface area (Å²) in [5.41, 5.74) is 0. The van der Waals surface area contributed by atoms with Crippen LogP contribution in [0.15, 0.2) is 21.8 Å².